The zero-order valence-electron chi connectivity index (χ0n) is 11.2. The van der Waals surface area contributed by atoms with Crippen molar-refractivity contribution in [2.45, 2.75) is 0 Å². The predicted molar refractivity (Wildman–Crippen MR) is 78.5 cm³/mol. The fourth-order valence-corrected chi connectivity index (χ4v) is 1.52. The number of allylic oxidation sites excluding steroid dienone is 1. The van der Waals surface area contributed by atoms with Crippen LogP contribution >= 0.6 is 0 Å². The maximum absolute atomic E-state index is 11.7. The first-order valence-corrected chi connectivity index (χ1v) is 6.09. The molecular weight excluding hydrogens is 290 g/mol. The number of rotatable bonds is 5. The standard InChI is InChI=1S/C14H11N3O5/c18-11-4-1-3-10(9-11)14(19)16-15-8-2-5-12-6-7-13(22-12)17(20)21/h1-9,18H,(H,16,19). The van der Waals surface area contributed by atoms with Gasteiger partial charge in [-0.15, -0.1) is 0 Å². The van der Waals surface area contributed by atoms with E-state index < -0.39 is 10.8 Å². The maximum atomic E-state index is 11.7. The van der Waals surface area contributed by atoms with Gasteiger partial charge in [-0.25, -0.2) is 5.43 Å². The van der Waals surface area contributed by atoms with Crippen molar-refractivity contribution < 1.29 is 19.2 Å². The van der Waals surface area contributed by atoms with Gasteiger partial charge in [0.05, 0.1) is 6.07 Å². The fraction of sp³-hybridized carbons (Fsp3) is 0. The lowest BCUT2D eigenvalue weighted by atomic mass is 10.2. The first kappa shape index (κ1) is 15.0. The Morgan fingerprint density at radius 2 is 2.18 bits per heavy atom. The third-order valence-electron chi connectivity index (χ3n) is 2.49. The summed E-state index contributed by atoms with van der Waals surface area (Å²) >= 11 is 0. The zero-order chi connectivity index (χ0) is 15.9. The van der Waals surface area contributed by atoms with Crippen molar-refractivity contribution >= 4 is 24.1 Å². The van der Waals surface area contributed by atoms with Crippen molar-refractivity contribution in [1.82, 2.24) is 5.43 Å². The average molecular weight is 301 g/mol. The fourth-order valence-electron chi connectivity index (χ4n) is 1.52. The summed E-state index contributed by atoms with van der Waals surface area (Å²) in [5.41, 5.74) is 2.53. The number of carbonyl (C=O) groups is 1. The van der Waals surface area contributed by atoms with Crippen LogP contribution < -0.4 is 5.43 Å². The van der Waals surface area contributed by atoms with E-state index in [4.69, 9.17) is 4.42 Å². The molecule has 0 spiro atoms. The molecule has 0 aliphatic carbocycles. The van der Waals surface area contributed by atoms with E-state index >= 15 is 0 Å². The summed E-state index contributed by atoms with van der Waals surface area (Å²) in [6.45, 7) is 0. The molecule has 0 atom stereocenters. The van der Waals surface area contributed by atoms with Crippen molar-refractivity contribution in [2.75, 3.05) is 0 Å². The number of benzene rings is 1. The Hall–Kier alpha value is -3.42. The smallest absolute Gasteiger partial charge is 0.433 e. The summed E-state index contributed by atoms with van der Waals surface area (Å²) < 4.78 is 4.89. The summed E-state index contributed by atoms with van der Waals surface area (Å²) in [5.74, 6) is -0.559. The van der Waals surface area contributed by atoms with Gasteiger partial charge in [0.2, 0.25) is 0 Å². The third-order valence-corrected chi connectivity index (χ3v) is 2.49. The molecule has 1 heterocycles. The molecule has 1 aromatic carbocycles. The van der Waals surface area contributed by atoms with Crippen LogP contribution in [0.15, 0.2) is 52.0 Å². The molecule has 0 fully saturated rings. The quantitative estimate of drug-likeness (QED) is 0.499. The minimum absolute atomic E-state index is 0.0176. The Kier molecular flexibility index (Phi) is 4.66. The Labute approximate surface area is 124 Å². The van der Waals surface area contributed by atoms with E-state index in [1.807, 2.05) is 0 Å². The van der Waals surface area contributed by atoms with Gasteiger partial charge in [-0.3, -0.25) is 14.9 Å². The van der Waals surface area contributed by atoms with E-state index in [0.29, 0.717) is 0 Å². The number of carbonyl (C=O) groups excluding carboxylic acids is 1. The molecule has 1 amide bonds. The van der Waals surface area contributed by atoms with Gasteiger partial charge in [0.1, 0.15) is 16.4 Å². The Bertz CT molecular complexity index is 748. The number of hydrazone groups is 1. The summed E-state index contributed by atoms with van der Waals surface area (Å²) in [6.07, 6.45) is 4.19. The molecule has 112 valence electrons. The average Bonchev–Trinajstić information content (AvgIpc) is 2.96. The molecule has 22 heavy (non-hydrogen) atoms. The molecule has 2 N–H and O–H groups in total. The molecule has 1 aromatic heterocycles. The highest BCUT2D eigenvalue weighted by molar-refractivity contribution is 5.95. The number of amides is 1. The number of phenols is 1. The second-order valence-electron chi connectivity index (χ2n) is 4.06. The highest BCUT2D eigenvalue weighted by Gasteiger charge is 2.09. The van der Waals surface area contributed by atoms with Crippen LogP contribution in [0.3, 0.4) is 0 Å². The second-order valence-corrected chi connectivity index (χ2v) is 4.06. The number of furan rings is 1. The molecule has 2 rings (SSSR count). The lowest BCUT2D eigenvalue weighted by Crippen LogP contribution is -2.17. The summed E-state index contributed by atoms with van der Waals surface area (Å²) in [4.78, 5) is 21.4. The van der Waals surface area contributed by atoms with E-state index in [9.17, 15) is 20.0 Å². The van der Waals surface area contributed by atoms with Crippen LogP contribution in [0.2, 0.25) is 0 Å². The molecule has 8 nitrogen and oxygen atoms in total. The number of aromatic hydroxyl groups is 1. The molecule has 0 radical (unpaired) electrons. The lowest BCUT2D eigenvalue weighted by molar-refractivity contribution is -0.402. The monoisotopic (exact) mass is 301 g/mol. The second kappa shape index (κ2) is 6.84. The van der Waals surface area contributed by atoms with Crippen molar-refractivity contribution in [2.24, 2.45) is 5.10 Å². The highest BCUT2D eigenvalue weighted by Crippen LogP contribution is 2.16. The maximum Gasteiger partial charge on any atom is 0.433 e. The van der Waals surface area contributed by atoms with Gasteiger partial charge in [0, 0.05) is 11.8 Å². The minimum Gasteiger partial charge on any atom is -0.508 e. The van der Waals surface area contributed by atoms with Gasteiger partial charge < -0.3 is 9.52 Å². The largest absolute Gasteiger partial charge is 0.508 e. The van der Waals surface area contributed by atoms with Gasteiger partial charge in [0.25, 0.3) is 5.91 Å². The van der Waals surface area contributed by atoms with Gasteiger partial charge in [0.15, 0.2) is 0 Å². The first-order chi connectivity index (χ1) is 10.6. The molecule has 8 heteroatoms. The number of nitro groups is 1. The molecule has 0 saturated heterocycles. The van der Waals surface area contributed by atoms with Crippen molar-refractivity contribution in [3.05, 3.63) is 63.9 Å². The van der Waals surface area contributed by atoms with Gasteiger partial charge >= 0.3 is 5.88 Å². The normalized spacial score (nSPS) is 11.1. The minimum atomic E-state index is -0.638. The number of nitrogens with one attached hydrogen (secondary N) is 1. The van der Waals surface area contributed by atoms with E-state index in [1.165, 1.54) is 54.8 Å². The predicted octanol–water partition coefficient (Wildman–Crippen LogP) is 2.32. The van der Waals surface area contributed by atoms with Crippen molar-refractivity contribution in [3.8, 4) is 5.75 Å². The number of hydrogen-bond acceptors (Lipinski definition) is 6. The topological polar surface area (TPSA) is 118 Å². The first-order valence-electron chi connectivity index (χ1n) is 6.09. The SMILES string of the molecule is O=C(NN=CC=Cc1ccc([N+](=O)[O-])o1)c1cccc(O)c1. The molecule has 0 bridgehead atoms. The van der Waals surface area contributed by atoms with Crippen LogP contribution in [-0.4, -0.2) is 22.2 Å². The highest BCUT2D eigenvalue weighted by atomic mass is 16.6. The molecule has 0 aliphatic heterocycles. The van der Waals surface area contributed by atoms with Gasteiger partial charge in [-0.1, -0.05) is 6.07 Å². The van der Waals surface area contributed by atoms with Gasteiger partial charge in [-0.05, 0) is 36.4 Å². The molecule has 0 aliphatic rings. The molecule has 2 aromatic rings. The van der Waals surface area contributed by atoms with E-state index in [-0.39, 0.29) is 23.0 Å². The van der Waals surface area contributed by atoms with Crippen molar-refractivity contribution in [3.63, 3.8) is 0 Å². The number of phenolic OH excluding ortho intramolecular Hbond substituents is 1. The Balaban J connectivity index is 1.88. The molecule has 0 saturated carbocycles. The summed E-state index contributed by atoms with van der Waals surface area (Å²) in [6, 6.07) is 8.50. The number of nitrogens with zero attached hydrogens (tertiary/aromatic N) is 2. The summed E-state index contributed by atoms with van der Waals surface area (Å²) in [5, 5.41) is 23.3. The van der Waals surface area contributed by atoms with Crippen LogP contribution in [0.4, 0.5) is 5.88 Å². The molecular formula is C14H11N3O5. The zero-order valence-corrected chi connectivity index (χ0v) is 11.2. The summed E-state index contributed by atoms with van der Waals surface area (Å²) in [7, 11) is 0. The lowest BCUT2D eigenvalue weighted by Gasteiger charge is -1.99. The van der Waals surface area contributed by atoms with Crippen LogP contribution in [0.5, 0.6) is 5.75 Å². The van der Waals surface area contributed by atoms with Crippen molar-refractivity contribution in [1.29, 1.82) is 0 Å². The Morgan fingerprint density at radius 1 is 1.36 bits per heavy atom. The molecule has 0 unspecified atom stereocenters. The van der Waals surface area contributed by atoms with Crippen LogP contribution in [0.1, 0.15) is 16.1 Å². The van der Waals surface area contributed by atoms with Crippen LogP contribution in [-0.2, 0) is 0 Å². The number of hydrogen-bond donors (Lipinski definition) is 2. The van der Waals surface area contributed by atoms with E-state index in [0.717, 1.165) is 0 Å². The Morgan fingerprint density at radius 3 is 2.86 bits per heavy atom. The van der Waals surface area contributed by atoms with Crippen LogP contribution in [0.25, 0.3) is 6.08 Å². The third kappa shape index (κ3) is 4.04. The van der Waals surface area contributed by atoms with Gasteiger partial charge in [-0.2, -0.15) is 5.10 Å². The van der Waals surface area contributed by atoms with Crippen LogP contribution in [0, 0.1) is 10.1 Å². The van der Waals surface area contributed by atoms with E-state index in [1.54, 1.807) is 0 Å². The van der Waals surface area contributed by atoms with E-state index in [2.05, 4.69) is 10.5 Å².